The molecule has 23 heavy (non-hydrogen) atoms. The lowest BCUT2D eigenvalue weighted by atomic mass is 10.1. The molecule has 0 aliphatic heterocycles. The third-order valence-electron chi connectivity index (χ3n) is 2.81. The summed E-state index contributed by atoms with van der Waals surface area (Å²) in [6.45, 7) is -0.634. The highest BCUT2D eigenvalue weighted by molar-refractivity contribution is 5.93. The molecule has 0 unspecified atom stereocenters. The molecule has 0 aromatic heterocycles. The summed E-state index contributed by atoms with van der Waals surface area (Å²) in [6.07, 6.45) is -0.198. The van der Waals surface area contributed by atoms with Crippen molar-refractivity contribution in [3.8, 4) is 0 Å². The summed E-state index contributed by atoms with van der Waals surface area (Å²) in [5.74, 6) is -3.71. The molecule has 2 aromatic carbocycles. The zero-order valence-corrected chi connectivity index (χ0v) is 11.8. The van der Waals surface area contributed by atoms with Gasteiger partial charge < -0.3 is 10.1 Å². The second kappa shape index (κ2) is 7.44. The van der Waals surface area contributed by atoms with Gasteiger partial charge in [-0.25, -0.2) is 13.2 Å². The van der Waals surface area contributed by atoms with Gasteiger partial charge >= 0.3 is 5.97 Å². The Morgan fingerprint density at radius 1 is 1.00 bits per heavy atom. The van der Waals surface area contributed by atoms with Crippen LogP contribution in [0.25, 0.3) is 0 Å². The lowest BCUT2D eigenvalue weighted by molar-refractivity contribution is -0.146. The third kappa shape index (κ3) is 5.14. The number of carbonyl (C=O) groups is 2. The van der Waals surface area contributed by atoms with Crippen molar-refractivity contribution in [2.24, 2.45) is 0 Å². The number of amides is 1. The van der Waals surface area contributed by atoms with Crippen LogP contribution >= 0.6 is 0 Å². The number of anilines is 1. The highest BCUT2D eigenvalue weighted by Gasteiger charge is 2.11. The molecule has 4 nitrogen and oxygen atoms in total. The van der Waals surface area contributed by atoms with Crippen molar-refractivity contribution in [3.05, 3.63) is 65.5 Å². The number of halogens is 3. The smallest absolute Gasteiger partial charge is 0.310 e. The molecule has 2 aromatic rings. The van der Waals surface area contributed by atoms with Crippen LogP contribution < -0.4 is 5.32 Å². The monoisotopic (exact) mass is 323 g/mol. The van der Waals surface area contributed by atoms with Crippen molar-refractivity contribution in [3.63, 3.8) is 0 Å². The van der Waals surface area contributed by atoms with Gasteiger partial charge in [-0.15, -0.1) is 0 Å². The van der Waals surface area contributed by atoms with E-state index in [-0.39, 0.29) is 12.1 Å². The van der Waals surface area contributed by atoms with Gasteiger partial charge in [0.25, 0.3) is 5.91 Å². The summed E-state index contributed by atoms with van der Waals surface area (Å²) >= 11 is 0. The van der Waals surface area contributed by atoms with Crippen molar-refractivity contribution >= 4 is 17.6 Å². The van der Waals surface area contributed by atoms with E-state index in [2.05, 4.69) is 5.32 Å². The summed E-state index contributed by atoms with van der Waals surface area (Å²) < 4.78 is 43.7. The van der Waals surface area contributed by atoms with Crippen molar-refractivity contribution < 1.29 is 27.5 Å². The van der Waals surface area contributed by atoms with Crippen LogP contribution in [0.5, 0.6) is 0 Å². The molecule has 7 heteroatoms. The van der Waals surface area contributed by atoms with Crippen LogP contribution in [0.4, 0.5) is 18.9 Å². The van der Waals surface area contributed by atoms with Gasteiger partial charge in [-0.3, -0.25) is 9.59 Å². The molecule has 0 saturated heterocycles. The first kappa shape index (κ1) is 16.5. The molecule has 0 heterocycles. The lowest BCUT2D eigenvalue weighted by Crippen LogP contribution is -2.22. The molecule has 0 aliphatic rings. The van der Waals surface area contributed by atoms with E-state index in [1.165, 1.54) is 24.3 Å². The molecule has 0 fully saturated rings. The minimum Gasteiger partial charge on any atom is -0.455 e. The molecular formula is C16H12F3NO3. The predicted molar refractivity (Wildman–Crippen MR) is 76.1 cm³/mol. The Bertz CT molecular complexity index is 734. The number of ether oxygens (including phenoxy) is 1. The van der Waals surface area contributed by atoms with Gasteiger partial charge in [0.2, 0.25) is 0 Å². The van der Waals surface area contributed by atoms with Gasteiger partial charge in [0.05, 0.1) is 12.1 Å². The summed E-state index contributed by atoms with van der Waals surface area (Å²) in [5.41, 5.74) is 0.178. The topological polar surface area (TPSA) is 55.4 Å². The quantitative estimate of drug-likeness (QED) is 0.861. The summed E-state index contributed by atoms with van der Waals surface area (Å²) in [5, 5.41) is 2.15. The maximum Gasteiger partial charge on any atom is 0.310 e. The first-order valence-corrected chi connectivity index (χ1v) is 6.59. The Kier molecular flexibility index (Phi) is 5.35. The Morgan fingerprint density at radius 2 is 1.74 bits per heavy atom. The van der Waals surface area contributed by atoms with E-state index < -0.39 is 35.9 Å². The Labute approximate surface area is 129 Å². The van der Waals surface area contributed by atoms with Gasteiger partial charge in [0.1, 0.15) is 17.5 Å². The maximum absolute atomic E-state index is 13.3. The van der Waals surface area contributed by atoms with Gasteiger partial charge in [-0.2, -0.15) is 0 Å². The van der Waals surface area contributed by atoms with Crippen molar-refractivity contribution in [2.45, 2.75) is 6.42 Å². The highest BCUT2D eigenvalue weighted by atomic mass is 19.1. The van der Waals surface area contributed by atoms with Crippen LogP contribution in [0.3, 0.4) is 0 Å². The van der Waals surface area contributed by atoms with Gasteiger partial charge in [-0.1, -0.05) is 12.1 Å². The fourth-order valence-corrected chi connectivity index (χ4v) is 1.79. The summed E-state index contributed by atoms with van der Waals surface area (Å²) in [7, 11) is 0. The average Bonchev–Trinajstić information content (AvgIpc) is 2.48. The lowest BCUT2D eigenvalue weighted by Gasteiger charge is -2.07. The molecule has 120 valence electrons. The van der Waals surface area contributed by atoms with Crippen LogP contribution in [0.15, 0.2) is 42.5 Å². The van der Waals surface area contributed by atoms with Crippen LogP contribution in [0.2, 0.25) is 0 Å². The largest absolute Gasteiger partial charge is 0.455 e. The number of esters is 1. The molecule has 0 atom stereocenters. The SMILES string of the molecule is O=C(COC(=O)Cc1cccc(F)c1)Nc1ccc(F)cc1F. The van der Waals surface area contributed by atoms with Crippen molar-refractivity contribution in [1.82, 2.24) is 0 Å². The second-order valence-corrected chi connectivity index (χ2v) is 4.64. The maximum atomic E-state index is 13.3. The Morgan fingerprint density at radius 3 is 2.43 bits per heavy atom. The number of benzene rings is 2. The molecule has 0 aliphatic carbocycles. The molecular weight excluding hydrogens is 311 g/mol. The number of carbonyl (C=O) groups excluding carboxylic acids is 2. The zero-order chi connectivity index (χ0) is 16.8. The number of hydrogen-bond acceptors (Lipinski definition) is 3. The molecule has 1 amide bonds. The molecule has 1 N–H and O–H groups in total. The van der Waals surface area contributed by atoms with Crippen molar-refractivity contribution in [1.29, 1.82) is 0 Å². The Balaban J connectivity index is 1.83. The number of rotatable bonds is 5. The molecule has 2 rings (SSSR count). The zero-order valence-electron chi connectivity index (χ0n) is 11.8. The first-order valence-electron chi connectivity index (χ1n) is 6.59. The third-order valence-corrected chi connectivity index (χ3v) is 2.81. The van der Waals surface area contributed by atoms with Crippen LogP contribution in [0.1, 0.15) is 5.56 Å². The normalized spacial score (nSPS) is 10.2. The molecule has 0 bridgehead atoms. The minimum atomic E-state index is -0.940. The van der Waals surface area contributed by atoms with Crippen LogP contribution in [-0.2, 0) is 20.7 Å². The fraction of sp³-hybridized carbons (Fsp3) is 0.125. The first-order chi connectivity index (χ1) is 10.9. The molecule has 0 spiro atoms. The Hall–Kier alpha value is -2.83. The fourth-order valence-electron chi connectivity index (χ4n) is 1.79. The number of hydrogen-bond donors (Lipinski definition) is 1. The standard InChI is InChI=1S/C16H12F3NO3/c17-11-3-1-2-10(6-11)7-16(22)23-9-15(21)20-14-5-4-12(18)8-13(14)19/h1-6,8H,7,9H2,(H,20,21). The summed E-state index contributed by atoms with van der Waals surface area (Å²) in [4.78, 5) is 23.1. The van der Waals surface area contributed by atoms with E-state index in [9.17, 15) is 22.8 Å². The van der Waals surface area contributed by atoms with E-state index in [4.69, 9.17) is 4.74 Å². The molecule has 0 radical (unpaired) electrons. The van der Waals surface area contributed by atoms with Gasteiger partial charge in [0.15, 0.2) is 6.61 Å². The van der Waals surface area contributed by atoms with E-state index in [0.717, 1.165) is 12.1 Å². The predicted octanol–water partition coefficient (Wildman–Crippen LogP) is 2.83. The van der Waals surface area contributed by atoms with E-state index >= 15 is 0 Å². The van der Waals surface area contributed by atoms with E-state index in [1.807, 2.05) is 0 Å². The van der Waals surface area contributed by atoms with E-state index in [1.54, 1.807) is 0 Å². The highest BCUT2D eigenvalue weighted by Crippen LogP contribution is 2.14. The van der Waals surface area contributed by atoms with Crippen LogP contribution in [-0.4, -0.2) is 18.5 Å². The van der Waals surface area contributed by atoms with Gasteiger partial charge in [0, 0.05) is 6.07 Å². The summed E-state index contributed by atoms with van der Waals surface area (Å²) in [6, 6.07) is 8.05. The van der Waals surface area contributed by atoms with E-state index in [0.29, 0.717) is 11.6 Å². The molecule has 0 saturated carbocycles. The minimum absolute atomic E-state index is 0.198. The number of nitrogens with one attached hydrogen (secondary N) is 1. The second-order valence-electron chi connectivity index (χ2n) is 4.64. The average molecular weight is 323 g/mol. The van der Waals surface area contributed by atoms with Crippen molar-refractivity contribution in [2.75, 3.05) is 11.9 Å². The van der Waals surface area contributed by atoms with Gasteiger partial charge in [-0.05, 0) is 29.8 Å². The van der Waals surface area contributed by atoms with Crippen LogP contribution in [0, 0.1) is 17.5 Å².